The number of rotatable bonds is 9. The third kappa shape index (κ3) is 6.18. The van der Waals surface area contributed by atoms with Crippen molar-refractivity contribution < 1.29 is 41.3 Å². The van der Waals surface area contributed by atoms with Crippen LogP contribution in [-0.4, -0.2) is 41.1 Å². The normalized spacial score (nSPS) is 11.6. The lowest BCUT2D eigenvalue weighted by molar-refractivity contribution is -0.274. The van der Waals surface area contributed by atoms with Crippen LogP contribution < -0.4 is 24.3 Å². The van der Waals surface area contributed by atoms with E-state index in [1.807, 2.05) is 12.1 Å². The first-order valence-electron chi connectivity index (χ1n) is 12.6. The molecule has 0 spiro atoms. The smallest absolute Gasteiger partial charge is 0.496 e. The number of methoxy groups -OCH3 is 2. The van der Waals surface area contributed by atoms with E-state index in [1.54, 1.807) is 48.2 Å². The fourth-order valence-corrected chi connectivity index (χ4v) is 4.97. The summed E-state index contributed by atoms with van der Waals surface area (Å²) < 4.78 is 66.0. The van der Waals surface area contributed by atoms with Gasteiger partial charge < -0.3 is 28.7 Å². The van der Waals surface area contributed by atoms with E-state index < -0.39 is 18.0 Å². The zero-order valence-electron chi connectivity index (χ0n) is 22.5. The molecule has 14 heteroatoms. The molecule has 0 bridgehead atoms. The van der Waals surface area contributed by atoms with Crippen molar-refractivity contribution in [1.29, 1.82) is 0 Å². The lowest BCUT2D eigenvalue weighted by Gasteiger charge is -2.12. The molecule has 3 aromatic carbocycles. The maximum absolute atomic E-state index is 12.7. The number of carbonyl (C=O) groups excluding carboxylic acids is 1. The molecule has 6 rings (SSSR count). The molecule has 1 amide bonds. The van der Waals surface area contributed by atoms with E-state index in [0.29, 0.717) is 49.8 Å². The standard InChI is InChI=1S/C29H21F3N4O6S/c1-38-20-11-23(21-13-25(41-24(21)12-20)22-14-36-27(34-22)43-28(35-36)39-2)40-15-16-5-3-7-18(9-16)33-26(37)17-6-4-8-19(10-17)42-29(30,31)32/h3-14H,15H2,1-2H3,(H,33,37). The Morgan fingerprint density at radius 3 is 2.63 bits per heavy atom. The van der Waals surface area contributed by atoms with Gasteiger partial charge in [0, 0.05) is 23.4 Å². The molecule has 43 heavy (non-hydrogen) atoms. The van der Waals surface area contributed by atoms with E-state index in [2.05, 4.69) is 20.1 Å². The Kier molecular flexibility index (Phi) is 7.27. The molecule has 0 aliphatic heterocycles. The van der Waals surface area contributed by atoms with Gasteiger partial charge in [0.1, 0.15) is 35.1 Å². The molecule has 0 fully saturated rings. The van der Waals surface area contributed by atoms with Gasteiger partial charge in [-0.1, -0.05) is 18.2 Å². The molecule has 0 aliphatic rings. The highest BCUT2D eigenvalue weighted by Crippen LogP contribution is 2.37. The molecule has 1 N–H and O–H groups in total. The minimum atomic E-state index is -4.86. The Morgan fingerprint density at radius 1 is 1.02 bits per heavy atom. The number of aromatic nitrogens is 3. The minimum Gasteiger partial charge on any atom is -0.496 e. The Hall–Kier alpha value is -5.24. The van der Waals surface area contributed by atoms with Crippen LogP contribution in [-0.2, 0) is 6.61 Å². The maximum atomic E-state index is 12.7. The third-order valence-electron chi connectivity index (χ3n) is 6.17. The number of amides is 1. The van der Waals surface area contributed by atoms with Crippen LogP contribution in [0.4, 0.5) is 18.9 Å². The fraction of sp³-hybridized carbons (Fsp3) is 0.138. The number of nitrogens with one attached hydrogen (secondary N) is 1. The number of carbonyl (C=O) groups is 1. The molecule has 0 unspecified atom stereocenters. The topological polar surface area (TPSA) is 109 Å². The largest absolute Gasteiger partial charge is 0.573 e. The summed E-state index contributed by atoms with van der Waals surface area (Å²) in [6.45, 7) is 0.130. The average molecular weight is 611 g/mol. The summed E-state index contributed by atoms with van der Waals surface area (Å²) in [5.41, 5.74) is 2.27. The van der Waals surface area contributed by atoms with Gasteiger partial charge in [-0.05, 0) is 53.3 Å². The lowest BCUT2D eigenvalue weighted by Crippen LogP contribution is -2.18. The van der Waals surface area contributed by atoms with Gasteiger partial charge in [-0.3, -0.25) is 4.79 Å². The predicted octanol–water partition coefficient (Wildman–Crippen LogP) is 6.95. The predicted molar refractivity (Wildman–Crippen MR) is 151 cm³/mol. The molecule has 6 aromatic rings. The van der Waals surface area contributed by atoms with E-state index in [9.17, 15) is 18.0 Å². The van der Waals surface area contributed by atoms with Crippen LogP contribution in [0.3, 0.4) is 0 Å². The summed E-state index contributed by atoms with van der Waals surface area (Å²) in [5, 5.41) is 8.16. The van der Waals surface area contributed by atoms with Gasteiger partial charge in [0.25, 0.3) is 11.1 Å². The highest BCUT2D eigenvalue weighted by atomic mass is 32.1. The average Bonchev–Trinajstić information content (AvgIpc) is 3.68. The van der Waals surface area contributed by atoms with Crippen molar-refractivity contribution in [3.63, 3.8) is 0 Å². The number of benzene rings is 3. The quantitative estimate of drug-likeness (QED) is 0.187. The Labute approximate surface area is 245 Å². The van der Waals surface area contributed by atoms with Crippen molar-refractivity contribution in [1.82, 2.24) is 14.6 Å². The van der Waals surface area contributed by atoms with Crippen LogP contribution in [0.25, 0.3) is 27.4 Å². The first kappa shape index (κ1) is 27.9. The fourth-order valence-electron chi connectivity index (χ4n) is 4.27. The van der Waals surface area contributed by atoms with E-state index in [0.717, 1.165) is 17.7 Å². The van der Waals surface area contributed by atoms with Gasteiger partial charge in [0.2, 0.25) is 4.96 Å². The molecule has 3 heterocycles. The molecule has 0 aliphatic carbocycles. The number of hydrogen-bond acceptors (Lipinski definition) is 9. The van der Waals surface area contributed by atoms with Gasteiger partial charge in [0.15, 0.2) is 5.76 Å². The Morgan fingerprint density at radius 2 is 1.86 bits per heavy atom. The second-order valence-corrected chi connectivity index (χ2v) is 10.0. The highest BCUT2D eigenvalue weighted by Gasteiger charge is 2.31. The van der Waals surface area contributed by atoms with E-state index in [4.69, 9.17) is 18.6 Å². The van der Waals surface area contributed by atoms with Gasteiger partial charge >= 0.3 is 6.36 Å². The van der Waals surface area contributed by atoms with Gasteiger partial charge in [0.05, 0.1) is 25.8 Å². The first-order valence-corrected chi connectivity index (χ1v) is 13.4. The van der Waals surface area contributed by atoms with Crippen molar-refractivity contribution in [3.8, 4) is 33.9 Å². The molecule has 10 nitrogen and oxygen atoms in total. The second-order valence-electron chi connectivity index (χ2n) is 9.09. The van der Waals surface area contributed by atoms with E-state index in [1.165, 1.54) is 30.6 Å². The number of ether oxygens (including phenoxy) is 4. The zero-order chi connectivity index (χ0) is 30.1. The van der Waals surface area contributed by atoms with Crippen LogP contribution in [0.15, 0.2) is 77.3 Å². The summed E-state index contributed by atoms with van der Waals surface area (Å²) >= 11 is 1.30. The number of fused-ring (bicyclic) bond motifs is 2. The number of anilines is 1. The number of imidazole rings is 1. The van der Waals surface area contributed by atoms with Crippen LogP contribution in [0.2, 0.25) is 0 Å². The molecule has 0 saturated heterocycles. The number of halogens is 3. The summed E-state index contributed by atoms with van der Waals surface area (Å²) in [4.78, 5) is 17.9. The second kappa shape index (κ2) is 11.2. The van der Waals surface area contributed by atoms with Crippen LogP contribution >= 0.6 is 11.3 Å². The number of alkyl halides is 3. The van der Waals surface area contributed by atoms with Crippen molar-refractivity contribution in [2.24, 2.45) is 0 Å². The minimum absolute atomic E-state index is 0.00501. The summed E-state index contributed by atoms with van der Waals surface area (Å²) in [6, 6.07) is 17.0. The third-order valence-corrected chi connectivity index (χ3v) is 7.05. The van der Waals surface area contributed by atoms with Gasteiger partial charge in [-0.15, -0.1) is 18.3 Å². The molecule has 220 valence electrons. The molecule has 0 atom stereocenters. The van der Waals surface area contributed by atoms with Crippen molar-refractivity contribution >= 4 is 38.9 Å². The maximum Gasteiger partial charge on any atom is 0.573 e. The van der Waals surface area contributed by atoms with Crippen molar-refractivity contribution in [3.05, 3.63) is 84.1 Å². The lowest BCUT2D eigenvalue weighted by atomic mass is 10.1. The zero-order valence-corrected chi connectivity index (χ0v) is 23.3. The van der Waals surface area contributed by atoms with Crippen molar-refractivity contribution in [2.75, 3.05) is 19.5 Å². The van der Waals surface area contributed by atoms with Crippen LogP contribution in [0, 0.1) is 0 Å². The van der Waals surface area contributed by atoms with Gasteiger partial charge in [-0.25, -0.2) is 9.50 Å². The monoisotopic (exact) mass is 610 g/mol. The van der Waals surface area contributed by atoms with E-state index >= 15 is 0 Å². The van der Waals surface area contributed by atoms with E-state index in [-0.39, 0.29) is 12.2 Å². The molecular weight excluding hydrogens is 589 g/mol. The molecule has 0 saturated carbocycles. The first-order chi connectivity index (χ1) is 20.7. The Balaban J connectivity index is 1.19. The number of furan rings is 1. The summed E-state index contributed by atoms with van der Waals surface area (Å²) in [5.74, 6) is 0.455. The number of hydrogen-bond donors (Lipinski definition) is 1. The molecular formula is C29H21F3N4O6S. The van der Waals surface area contributed by atoms with Crippen LogP contribution in [0.5, 0.6) is 22.4 Å². The van der Waals surface area contributed by atoms with Crippen LogP contribution in [0.1, 0.15) is 15.9 Å². The molecule has 0 radical (unpaired) electrons. The number of nitrogens with zero attached hydrogens (tertiary/aromatic N) is 3. The summed E-state index contributed by atoms with van der Waals surface area (Å²) in [7, 11) is 3.08. The Bertz CT molecular complexity index is 1920. The summed E-state index contributed by atoms with van der Waals surface area (Å²) in [6.07, 6.45) is -3.12. The van der Waals surface area contributed by atoms with Crippen molar-refractivity contribution in [2.45, 2.75) is 13.0 Å². The molecule has 3 aromatic heterocycles. The SMILES string of the molecule is COc1cc(OCc2cccc(NC(=O)c3cccc(OC(F)(F)F)c3)c2)c2cc(-c3cn4nc(OC)sc4n3)oc2c1. The van der Waals surface area contributed by atoms with Gasteiger partial charge in [-0.2, -0.15) is 0 Å². The highest BCUT2D eigenvalue weighted by molar-refractivity contribution is 7.18.